The minimum atomic E-state index is -0.357. The number of ether oxygens (including phenoxy) is 1. The number of nitrogens with zero attached hydrogens (tertiary/aromatic N) is 1. The van der Waals surface area contributed by atoms with Crippen molar-refractivity contribution >= 4 is 6.09 Å². The Labute approximate surface area is 143 Å². The number of benzene rings is 2. The van der Waals surface area contributed by atoms with Crippen molar-refractivity contribution in [1.82, 2.24) is 4.90 Å². The molecule has 24 heavy (non-hydrogen) atoms. The number of hydrogen-bond donors (Lipinski definition) is 0. The second kappa shape index (κ2) is 6.80. The van der Waals surface area contributed by atoms with Crippen LogP contribution in [-0.2, 0) is 4.74 Å². The van der Waals surface area contributed by atoms with Crippen LogP contribution in [0.5, 0.6) is 0 Å². The highest BCUT2D eigenvalue weighted by Gasteiger charge is 2.29. The van der Waals surface area contributed by atoms with Gasteiger partial charge in [-0.1, -0.05) is 54.5 Å². The lowest BCUT2D eigenvalue weighted by Crippen LogP contribution is -2.38. The van der Waals surface area contributed by atoms with Crippen LogP contribution in [0.1, 0.15) is 30.9 Å². The van der Waals surface area contributed by atoms with Crippen LogP contribution in [0, 0.1) is 12.3 Å². The van der Waals surface area contributed by atoms with E-state index >= 15 is 0 Å². The lowest BCUT2D eigenvalue weighted by molar-refractivity contribution is 0.0948. The van der Waals surface area contributed by atoms with Crippen molar-refractivity contribution in [2.45, 2.75) is 25.8 Å². The molecular formula is C21H21NO2. The first-order valence-electron chi connectivity index (χ1n) is 8.18. The molecule has 1 aliphatic rings. The van der Waals surface area contributed by atoms with Gasteiger partial charge in [-0.25, -0.2) is 4.79 Å². The summed E-state index contributed by atoms with van der Waals surface area (Å²) in [4.78, 5) is 13.9. The molecule has 0 fully saturated rings. The van der Waals surface area contributed by atoms with Crippen LogP contribution in [-0.4, -0.2) is 30.2 Å². The molecule has 0 unspecified atom stereocenters. The Morgan fingerprint density at radius 3 is 2.17 bits per heavy atom. The molecule has 1 amide bonds. The van der Waals surface area contributed by atoms with E-state index in [1.165, 1.54) is 22.3 Å². The molecule has 0 atom stereocenters. The van der Waals surface area contributed by atoms with Crippen molar-refractivity contribution in [2.75, 3.05) is 13.2 Å². The molecule has 0 heterocycles. The zero-order chi connectivity index (χ0) is 17.1. The normalized spacial score (nSPS) is 12.4. The van der Waals surface area contributed by atoms with Gasteiger partial charge in [0.05, 0.1) is 6.54 Å². The van der Waals surface area contributed by atoms with Crippen molar-refractivity contribution in [2.24, 2.45) is 0 Å². The fourth-order valence-electron chi connectivity index (χ4n) is 3.23. The molecule has 0 aliphatic heterocycles. The number of fused-ring (bicyclic) bond motifs is 3. The van der Waals surface area contributed by atoms with Crippen molar-refractivity contribution < 1.29 is 9.53 Å². The van der Waals surface area contributed by atoms with Gasteiger partial charge in [0.2, 0.25) is 0 Å². The summed E-state index contributed by atoms with van der Waals surface area (Å²) in [5.74, 6) is 2.58. The van der Waals surface area contributed by atoms with E-state index in [0.29, 0.717) is 6.61 Å². The summed E-state index contributed by atoms with van der Waals surface area (Å²) in [6, 6.07) is 16.6. The molecule has 0 saturated carbocycles. The second-order valence-electron chi connectivity index (χ2n) is 6.23. The minimum absolute atomic E-state index is 0.0108. The van der Waals surface area contributed by atoms with Gasteiger partial charge in [0.15, 0.2) is 0 Å². The quantitative estimate of drug-likeness (QED) is 0.787. The SMILES string of the molecule is C#CCN(C(=O)OCC1c2ccccc2-c2ccccc21)C(C)C. The molecule has 3 nitrogen and oxygen atoms in total. The van der Waals surface area contributed by atoms with Crippen LogP contribution in [0.25, 0.3) is 11.1 Å². The third kappa shape index (κ3) is 2.88. The number of rotatable bonds is 4. The van der Waals surface area contributed by atoms with Gasteiger partial charge in [0.25, 0.3) is 0 Å². The van der Waals surface area contributed by atoms with Gasteiger partial charge >= 0.3 is 6.09 Å². The number of hydrogen-bond acceptors (Lipinski definition) is 2. The number of terminal acetylenes is 1. The maximum Gasteiger partial charge on any atom is 0.410 e. The van der Waals surface area contributed by atoms with E-state index in [0.717, 1.165) is 0 Å². The summed E-state index contributed by atoms with van der Waals surface area (Å²) in [7, 11) is 0. The van der Waals surface area contributed by atoms with Crippen molar-refractivity contribution in [1.29, 1.82) is 0 Å². The summed E-state index contributed by atoms with van der Waals surface area (Å²) < 4.78 is 5.61. The van der Waals surface area contributed by atoms with Crippen LogP contribution < -0.4 is 0 Å². The largest absolute Gasteiger partial charge is 0.448 e. The van der Waals surface area contributed by atoms with E-state index in [1.807, 2.05) is 38.1 Å². The predicted octanol–water partition coefficient (Wildman–Crippen LogP) is 4.28. The first-order chi connectivity index (χ1) is 11.6. The van der Waals surface area contributed by atoms with Gasteiger partial charge in [0.1, 0.15) is 6.61 Å². The summed E-state index contributed by atoms with van der Waals surface area (Å²) in [5.41, 5.74) is 4.86. The summed E-state index contributed by atoms with van der Waals surface area (Å²) in [6.07, 6.45) is 4.99. The molecule has 3 heteroatoms. The Morgan fingerprint density at radius 1 is 1.12 bits per heavy atom. The molecule has 0 saturated heterocycles. The first kappa shape index (κ1) is 16.1. The first-order valence-corrected chi connectivity index (χ1v) is 8.18. The molecule has 0 spiro atoms. The zero-order valence-corrected chi connectivity index (χ0v) is 14.0. The highest BCUT2D eigenvalue weighted by atomic mass is 16.6. The molecule has 0 N–H and O–H groups in total. The van der Waals surface area contributed by atoms with Crippen LogP contribution in [0.4, 0.5) is 4.79 Å². The van der Waals surface area contributed by atoms with Gasteiger partial charge in [-0.2, -0.15) is 0 Å². The van der Waals surface area contributed by atoms with Crippen LogP contribution in [0.2, 0.25) is 0 Å². The topological polar surface area (TPSA) is 29.5 Å². The molecule has 3 rings (SSSR count). The standard InChI is InChI=1S/C21H21NO2/c1-4-13-22(15(2)3)21(23)24-14-20-18-11-7-5-9-16(18)17-10-6-8-12-19(17)20/h1,5-12,15,20H,13-14H2,2-3H3. The van der Waals surface area contributed by atoms with Crippen LogP contribution in [0.3, 0.4) is 0 Å². The maximum absolute atomic E-state index is 12.4. The molecule has 2 aromatic carbocycles. The minimum Gasteiger partial charge on any atom is -0.448 e. The van der Waals surface area contributed by atoms with Crippen molar-refractivity contribution in [3.05, 3.63) is 59.7 Å². The molecule has 122 valence electrons. The summed E-state index contributed by atoms with van der Waals surface area (Å²) >= 11 is 0. The molecule has 0 aromatic heterocycles. The maximum atomic E-state index is 12.4. The number of carbonyl (C=O) groups is 1. The van der Waals surface area contributed by atoms with Crippen molar-refractivity contribution in [3.63, 3.8) is 0 Å². The van der Waals surface area contributed by atoms with Crippen LogP contribution in [0.15, 0.2) is 48.5 Å². The lowest BCUT2D eigenvalue weighted by atomic mass is 9.98. The van der Waals surface area contributed by atoms with E-state index in [2.05, 4.69) is 30.2 Å². The third-order valence-electron chi connectivity index (χ3n) is 4.46. The Balaban J connectivity index is 1.81. The van der Waals surface area contributed by atoms with Gasteiger partial charge in [0, 0.05) is 12.0 Å². The fraction of sp³-hybridized carbons (Fsp3) is 0.286. The Morgan fingerprint density at radius 2 is 1.67 bits per heavy atom. The molecular weight excluding hydrogens is 298 g/mol. The van der Waals surface area contributed by atoms with Crippen molar-refractivity contribution in [3.8, 4) is 23.5 Å². The van der Waals surface area contributed by atoms with Gasteiger partial charge in [-0.15, -0.1) is 6.42 Å². The predicted molar refractivity (Wildman–Crippen MR) is 95.7 cm³/mol. The van der Waals surface area contributed by atoms with Gasteiger partial charge in [-0.3, -0.25) is 4.90 Å². The number of amides is 1. The second-order valence-corrected chi connectivity index (χ2v) is 6.23. The smallest absolute Gasteiger partial charge is 0.410 e. The Bertz CT molecular complexity index is 743. The van der Waals surface area contributed by atoms with E-state index in [4.69, 9.17) is 11.2 Å². The Hall–Kier alpha value is -2.73. The zero-order valence-electron chi connectivity index (χ0n) is 14.0. The van der Waals surface area contributed by atoms with Gasteiger partial charge < -0.3 is 4.74 Å². The van der Waals surface area contributed by atoms with E-state index in [-0.39, 0.29) is 24.6 Å². The lowest BCUT2D eigenvalue weighted by Gasteiger charge is -2.24. The summed E-state index contributed by atoms with van der Waals surface area (Å²) in [5, 5.41) is 0. The van der Waals surface area contributed by atoms with E-state index < -0.39 is 0 Å². The van der Waals surface area contributed by atoms with E-state index in [9.17, 15) is 4.79 Å². The summed E-state index contributed by atoms with van der Waals surface area (Å²) in [6.45, 7) is 4.44. The highest BCUT2D eigenvalue weighted by Crippen LogP contribution is 2.44. The third-order valence-corrected chi connectivity index (χ3v) is 4.46. The number of carbonyl (C=O) groups excluding carboxylic acids is 1. The Kier molecular flexibility index (Phi) is 4.57. The molecule has 0 bridgehead atoms. The highest BCUT2D eigenvalue weighted by molar-refractivity contribution is 5.79. The molecule has 0 radical (unpaired) electrons. The van der Waals surface area contributed by atoms with E-state index in [1.54, 1.807) is 4.90 Å². The molecule has 1 aliphatic carbocycles. The average Bonchev–Trinajstić information content (AvgIpc) is 2.91. The monoisotopic (exact) mass is 319 g/mol. The average molecular weight is 319 g/mol. The van der Waals surface area contributed by atoms with Gasteiger partial charge in [-0.05, 0) is 36.1 Å². The molecule has 2 aromatic rings. The fourth-order valence-corrected chi connectivity index (χ4v) is 3.23. The van der Waals surface area contributed by atoms with Crippen LogP contribution >= 0.6 is 0 Å².